The van der Waals surface area contributed by atoms with Gasteiger partial charge in [-0.1, -0.05) is 41.4 Å². The third-order valence-electron chi connectivity index (χ3n) is 9.41. The van der Waals surface area contributed by atoms with E-state index in [1.807, 2.05) is 0 Å². The van der Waals surface area contributed by atoms with Crippen molar-refractivity contribution in [2.45, 2.75) is 64.4 Å². The number of carbonyl (C=O) groups excluding carboxylic acids is 1. The van der Waals surface area contributed by atoms with Crippen LogP contribution in [-0.2, 0) is 17.7 Å². The smallest absolute Gasteiger partial charge is 0.415 e. The highest BCUT2D eigenvalue weighted by molar-refractivity contribution is 7.12. The van der Waals surface area contributed by atoms with Crippen LogP contribution in [0.3, 0.4) is 0 Å². The van der Waals surface area contributed by atoms with E-state index in [2.05, 4.69) is 4.90 Å². The highest BCUT2D eigenvalue weighted by Gasteiger charge is 2.38. The van der Waals surface area contributed by atoms with E-state index in [4.69, 9.17) is 37.4 Å². The number of nitrogens with zero attached hydrogens (tertiary/aromatic N) is 3. The summed E-state index contributed by atoms with van der Waals surface area (Å²) in [6.45, 7) is 2.33. The van der Waals surface area contributed by atoms with Gasteiger partial charge in [0.05, 0.1) is 18.3 Å². The second-order valence-electron chi connectivity index (χ2n) is 13.2. The monoisotopic (exact) mass is 793 g/mol. The Bertz CT molecular complexity index is 1950. The van der Waals surface area contributed by atoms with Gasteiger partial charge in [-0.3, -0.25) is 9.80 Å². The van der Waals surface area contributed by atoms with Crippen molar-refractivity contribution in [3.63, 3.8) is 0 Å². The Hall–Kier alpha value is -4.24. The van der Waals surface area contributed by atoms with Crippen molar-refractivity contribution < 1.29 is 46.8 Å². The largest absolute Gasteiger partial charge is 0.619 e. The van der Waals surface area contributed by atoms with Gasteiger partial charge in [0.2, 0.25) is 0 Å². The number of hydrogen-bond donors (Lipinski definition) is 1. The third kappa shape index (κ3) is 8.77. The number of benzene rings is 2. The molecule has 0 saturated carbocycles. The van der Waals surface area contributed by atoms with E-state index in [-0.39, 0.29) is 56.6 Å². The molecular formula is C37H36Cl2F3N3O7S. The fraction of sp³-hybridized carbons (Fsp3) is 0.378. The van der Waals surface area contributed by atoms with Crippen LogP contribution in [0.2, 0.25) is 10.0 Å². The lowest BCUT2D eigenvalue weighted by molar-refractivity contribution is -0.605. The van der Waals surface area contributed by atoms with Gasteiger partial charge in [0.25, 0.3) is 0 Å². The number of ether oxygens (including phenoxy) is 3. The number of para-hydroxylation sites is 1. The summed E-state index contributed by atoms with van der Waals surface area (Å²) in [4.78, 5) is 30.2. The van der Waals surface area contributed by atoms with Crippen LogP contribution in [0.4, 0.5) is 23.7 Å². The van der Waals surface area contributed by atoms with Crippen molar-refractivity contribution >= 4 is 52.3 Å². The lowest BCUT2D eigenvalue weighted by Gasteiger charge is -2.44. The molecule has 1 amide bonds. The lowest BCUT2D eigenvalue weighted by atomic mass is 9.83. The number of alkyl halides is 2. The number of piperidine rings is 3. The molecule has 16 heteroatoms. The van der Waals surface area contributed by atoms with Gasteiger partial charge in [-0.05, 0) is 98.5 Å². The first-order valence-electron chi connectivity index (χ1n) is 16.9. The van der Waals surface area contributed by atoms with E-state index >= 15 is 4.39 Å². The number of hydrogen-bond acceptors (Lipinski definition) is 8. The molecule has 3 aliphatic heterocycles. The molecule has 4 aromatic rings. The van der Waals surface area contributed by atoms with E-state index in [0.29, 0.717) is 28.0 Å². The van der Waals surface area contributed by atoms with Crippen LogP contribution in [0.5, 0.6) is 11.5 Å². The summed E-state index contributed by atoms with van der Waals surface area (Å²) < 4.78 is 59.3. The van der Waals surface area contributed by atoms with Crippen molar-refractivity contribution in [2.75, 3.05) is 24.5 Å². The Labute approximate surface area is 317 Å². The first kappa shape index (κ1) is 38.5. The molecule has 1 N–H and O–H groups in total. The number of rotatable bonds is 13. The van der Waals surface area contributed by atoms with Gasteiger partial charge in [-0.15, -0.1) is 11.3 Å². The maximum absolute atomic E-state index is 15.5. The minimum Gasteiger partial charge on any atom is -0.619 e. The maximum atomic E-state index is 15.5. The zero-order valence-electron chi connectivity index (χ0n) is 28.6. The molecule has 2 aromatic heterocycles. The Morgan fingerprint density at radius 3 is 2.38 bits per heavy atom. The summed E-state index contributed by atoms with van der Waals surface area (Å²) >= 11 is 14.0. The Morgan fingerprint density at radius 1 is 1.08 bits per heavy atom. The Balaban J connectivity index is 1.48. The lowest BCUT2D eigenvalue weighted by Crippen LogP contribution is -2.53. The molecule has 2 atom stereocenters. The van der Waals surface area contributed by atoms with Gasteiger partial charge in [0, 0.05) is 18.0 Å². The maximum Gasteiger partial charge on any atom is 0.415 e. The summed E-state index contributed by atoms with van der Waals surface area (Å²) in [7, 11) is 0. The molecule has 0 unspecified atom stereocenters. The topological polar surface area (TPSA) is 115 Å². The van der Waals surface area contributed by atoms with Gasteiger partial charge >= 0.3 is 18.7 Å². The predicted octanol–water partition coefficient (Wildman–Crippen LogP) is 8.53. The van der Waals surface area contributed by atoms with E-state index < -0.39 is 42.6 Å². The molecule has 10 nitrogen and oxygen atoms in total. The molecule has 3 saturated heterocycles. The van der Waals surface area contributed by atoms with Crippen molar-refractivity contribution in [2.24, 2.45) is 5.92 Å². The van der Waals surface area contributed by atoms with Crippen molar-refractivity contribution in [1.82, 2.24) is 4.90 Å². The van der Waals surface area contributed by atoms with Crippen LogP contribution in [0.25, 0.3) is 0 Å². The minimum atomic E-state index is -3.15. The Morgan fingerprint density at radius 2 is 1.77 bits per heavy atom. The van der Waals surface area contributed by atoms with E-state index in [0.717, 1.165) is 54.6 Å². The second-order valence-corrected chi connectivity index (χ2v) is 14.9. The van der Waals surface area contributed by atoms with Gasteiger partial charge in [-0.25, -0.2) is 14.0 Å². The number of amides is 1. The number of carbonyl (C=O) groups is 2. The second kappa shape index (κ2) is 16.4. The fourth-order valence-electron chi connectivity index (χ4n) is 7.00. The van der Waals surface area contributed by atoms with Crippen molar-refractivity contribution in [3.05, 3.63) is 108 Å². The van der Waals surface area contributed by atoms with Crippen LogP contribution < -0.4 is 19.1 Å². The molecule has 2 bridgehead atoms. The number of carboxylic acid groups (broad SMARTS) is 1. The predicted molar refractivity (Wildman–Crippen MR) is 193 cm³/mol. The summed E-state index contributed by atoms with van der Waals surface area (Å²) in [6.07, 6.45) is 2.21. The number of aromatic nitrogens is 1. The SMILES string of the molecule is CC(C)Oc1cc([C@H](Cc2c(Cl)c[n+]([O-])cc2Cl)c2c(CN(C(=O)O[C@H]3CN4CCC3CC4)c3ccccc3F)csc2C(=O)O)ccc1OC(F)F. The normalized spacial score (nSPS) is 18.6. The molecule has 2 aromatic carbocycles. The van der Waals surface area contributed by atoms with Crippen molar-refractivity contribution in [3.8, 4) is 11.5 Å². The number of halogens is 5. The zero-order chi connectivity index (χ0) is 38.0. The van der Waals surface area contributed by atoms with Crippen LogP contribution in [0.1, 0.15) is 64.5 Å². The zero-order valence-corrected chi connectivity index (χ0v) is 31.0. The minimum absolute atomic E-state index is 0.00320. The van der Waals surface area contributed by atoms with Crippen LogP contribution >= 0.6 is 34.5 Å². The van der Waals surface area contributed by atoms with E-state index in [9.17, 15) is 28.7 Å². The first-order chi connectivity index (χ1) is 25.3. The summed E-state index contributed by atoms with van der Waals surface area (Å²) in [5.41, 5.74) is 1.18. The molecule has 3 fully saturated rings. The number of pyridine rings is 1. The summed E-state index contributed by atoms with van der Waals surface area (Å²) in [5, 5.41) is 24.2. The van der Waals surface area contributed by atoms with Crippen LogP contribution in [-0.4, -0.2) is 60.5 Å². The highest BCUT2D eigenvalue weighted by atomic mass is 35.5. The highest BCUT2D eigenvalue weighted by Crippen LogP contribution is 2.43. The molecule has 282 valence electrons. The van der Waals surface area contributed by atoms with Gasteiger partial charge in [0.1, 0.15) is 26.8 Å². The number of anilines is 1. The summed E-state index contributed by atoms with van der Waals surface area (Å²) in [5.74, 6) is -3.02. The van der Waals surface area contributed by atoms with Gasteiger partial charge in [0.15, 0.2) is 23.9 Å². The Kier molecular flexibility index (Phi) is 11.9. The quantitative estimate of drug-likeness (QED) is 0.106. The molecule has 53 heavy (non-hydrogen) atoms. The molecule has 0 spiro atoms. The van der Waals surface area contributed by atoms with Gasteiger partial charge < -0.3 is 24.5 Å². The molecule has 0 aliphatic carbocycles. The van der Waals surface area contributed by atoms with Gasteiger partial charge in [-0.2, -0.15) is 13.5 Å². The van der Waals surface area contributed by atoms with Crippen LogP contribution in [0, 0.1) is 16.9 Å². The number of thiophene rings is 1. The molecule has 3 aliphatic rings. The average molecular weight is 795 g/mol. The number of fused-ring (bicyclic) bond motifs is 3. The third-order valence-corrected chi connectivity index (χ3v) is 11.1. The van der Waals surface area contributed by atoms with Crippen LogP contribution in [0.15, 0.2) is 60.2 Å². The average Bonchev–Trinajstić information content (AvgIpc) is 3.52. The number of carboxylic acids is 1. The molecule has 5 heterocycles. The standard InChI is InChI=1S/C37H36Cl2F3N3O7S/c1-20(2)50-31-13-22(7-8-30(31)51-36(41)42)24(14-25-26(38)16-44(49)17-27(25)39)33-23(19-53-34(33)35(46)47)15-45(29-6-4-3-5-28(29)40)37(48)52-32-18-43-11-9-21(32)10-12-43/h3-8,13,16-17,19-21,24,32,36H,9-12,14-15,18H2,1-2H3,(H,46,47)/t24-,32-/m0/s1. The molecule has 0 radical (unpaired) electrons. The summed E-state index contributed by atoms with van der Waals surface area (Å²) in [6, 6.07) is 9.95. The molecule has 7 rings (SSSR count). The fourth-order valence-corrected chi connectivity index (χ4v) is 8.56. The number of aromatic carboxylic acids is 1. The first-order valence-corrected chi connectivity index (χ1v) is 18.5. The van der Waals surface area contributed by atoms with Crippen molar-refractivity contribution in [1.29, 1.82) is 0 Å². The van der Waals surface area contributed by atoms with E-state index in [1.165, 1.54) is 36.4 Å². The molecular weight excluding hydrogens is 758 g/mol. The van der Waals surface area contributed by atoms with E-state index in [1.54, 1.807) is 25.3 Å².